The third kappa shape index (κ3) is 3.67. The number of nitrogens with two attached hydrogens (primary N) is 1. The molecule has 0 aliphatic rings. The van der Waals surface area contributed by atoms with Gasteiger partial charge in [0.2, 0.25) is 0 Å². The summed E-state index contributed by atoms with van der Waals surface area (Å²) in [6, 6.07) is 6.70. The number of rotatable bonds is 5. The molecule has 0 saturated heterocycles. The van der Waals surface area contributed by atoms with Crippen molar-refractivity contribution in [3.63, 3.8) is 0 Å². The molecule has 0 saturated carbocycles. The maximum absolute atomic E-state index is 11.6. The van der Waals surface area contributed by atoms with Gasteiger partial charge >= 0.3 is 0 Å². The molecule has 0 radical (unpaired) electrons. The van der Waals surface area contributed by atoms with Crippen LogP contribution in [0.2, 0.25) is 0 Å². The standard InChI is InChI=1S/C13H17N3O2/c1-3-6-16-13(17)9(2)18-12-5-4-10(8-14)7-11(12)15/h4-5,7,9H,3,6,15H2,1-2H3,(H,16,17). The number of carbonyl (C=O) groups is 1. The minimum Gasteiger partial charge on any atom is -0.479 e. The van der Waals surface area contributed by atoms with Crippen LogP contribution in [0.15, 0.2) is 18.2 Å². The van der Waals surface area contributed by atoms with Crippen LogP contribution in [0, 0.1) is 11.3 Å². The zero-order chi connectivity index (χ0) is 13.5. The molecule has 1 unspecified atom stereocenters. The van der Waals surface area contributed by atoms with E-state index in [9.17, 15) is 4.79 Å². The summed E-state index contributed by atoms with van der Waals surface area (Å²) in [7, 11) is 0. The van der Waals surface area contributed by atoms with Gasteiger partial charge in [0.15, 0.2) is 6.10 Å². The van der Waals surface area contributed by atoms with Gasteiger partial charge in [-0.15, -0.1) is 0 Å². The zero-order valence-electron chi connectivity index (χ0n) is 10.6. The largest absolute Gasteiger partial charge is 0.479 e. The molecule has 0 aliphatic carbocycles. The lowest BCUT2D eigenvalue weighted by Crippen LogP contribution is -2.36. The number of amides is 1. The second-order valence-electron chi connectivity index (χ2n) is 3.92. The van der Waals surface area contributed by atoms with Crippen molar-refractivity contribution in [2.24, 2.45) is 0 Å². The average molecular weight is 247 g/mol. The van der Waals surface area contributed by atoms with Gasteiger partial charge in [-0.1, -0.05) is 6.92 Å². The van der Waals surface area contributed by atoms with E-state index in [-0.39, 0.29) is 5.91 Å². The molecule has 1 aromatic rings. The summed E-state index contributed by atoms with van der Waals surface area (Å²) >= 11 is 0. The van der Waals surface area contributed by atoms with Gasteiger partial charge < -0.3 is 15.8 Å². The van der Waals surface area contributed by atoms with E-state index in [4.69, 9.17) is 15.7 Å². The summed E-state index contributed by atoms with van der Waals surface area (Å²) in [5.41, 5.74) is 6.55. The van der Waals surface area contributed by atoms with E-state index in [1.807, 2.05) is 13.0 Å². The topological polar surface area (TPSA) is 88.1 Å². The van der Waals surface area contributed by atoms with E-state index in [2.05, 4.69) is 5.32 Å². The Bertz CT molecular complexity index is 466. The fourth-order valence-corrected chi connectivity index (χ4v) is 1.36. The molecule has 18 heavy (non-hydrogen) atoms. The Morgan fingerprint density at radius 1 is 1.61 bits per heavy atom. The molecule has 0 fully saturated rings. The van der Waals surface area contributed by atoms with E-state index >= 15 is 0 Å². The van der Waals surface area contributed by atoms with Gasteiger partial charge in [0.25, 0.3) is 5.91 Å². The summed E-state index contributed by atoms with van der Waals surface area (Å²) in [5.74, 6) is 0.230. The summed E-state index contributed by atoms with van der Waals surface area (Å²) in [6.45, 7) is 4.25. The van der Waals surface area contributed by atoms with Gasteiger partial charge in [-0.05, 0) is 31.5 Å². The number of carbonyl (C=O) groups excluding carboxylic acids is 1. The van der Waals surface area contributed by atoms with Crippen molar-refractivity contribution in [3.05, 3.63) is 23.8 Å². The number of hydrogen-bond donors (Lipinski definition) is 2. The Kier molecular flexibility index (Phi) is 5.00. The lowest BCUT2D eigenvalue weighted by atomic mass is 10.2. The molecule has 5 heteroatoms. The van der Waals surface area contributed by atoms with E-state index < -0.39 is 6.10 Å². The van der Waals surface area contributed by atoms with Crippen LogP contribution < -0.4 is 15.8 Å². The number of nitriles is 1. The SMILES string of the molecule is CCCNC(=O)C(C)Oc1ccc(C#N)cc1N. The number of nitrogen functional groups attached to an aromatic ring is 1. The fraction of sp³-hybridized carbons (Fsp3) is 0.385. The van der Waals surface area contributed by atoms with E-state index in [0.717, 1.165) is 6.42 Å². The summed E-state index contributed by atoms with van der Waals surface area (Å²) in [4.78, 5) is 11.6. The normalized spacial score (nSPS) is 11.4. The number of nitrogens with one attached hydrogen (secondary N) is 1. The van der Waals surface area contributed by atoms with Crippen molar-refractivity contribution in [1.82, 2.24) is 5.32 Å². The third-order valence-corrected chi connectivity index (χ3v) is 2.36. The van der Waals surface area contributed by atoms with Crippen molar-refractivity contribution in [3.8, 4) is 11.8 Å². The van der Waals surface area contributed by atoms with Crippen LogP contribution in [0.25, 0.3) is 0 Å². The first-order valence-electron chi connectivity index (χ1n) is 5.82. The average Bonchev–Trinajstić information content (AvgIpc) is 2.38. The first-order valence-corrected chi connectivity index (χ1v) is 5.82. The molecule has 0 aliphatic heterocycles. The molecule has 1 aromatic carbocycles. The van der Waals surface area contributed by atoms with Crippen LogP contribution in [-0.2, 0) is 4.79 Å². The molecule has 0 aromatic heterocycles. The first kappa shape index (κ1) is 13.8. The Hall–Kier alpha value is -2.22. The van der Waals surface area contributed by atoms with Crippen molar-refractivity contribution in [2.75, 3.05) is 12.3 Å². The smallest absolute Gasteiger partial charge is 0.260 e. The summed E-state index contributed by atoms with van der Waals surface area (Å²) in [5, 5.41) is 11.4. The van der Waals surface area contributed by atoms with Gasteiger partial charge in [-0.3, -0.25) is 4.79 Å². The van der Waals surface area contributed by atoms with Crippen LogP contribution in [0.5, 0.6) is 5.75 Å². The van der Waals surface area contributed by atoms with Crippen molar-refractivity contribution in [2.45, 2.75) is 26.4 Å². The highest BCUT2D eigenvalue weighted by Gasteiger charge is 2.15. The van der Waals surface area contributed by atoms with Crippen molar-refractivity contribution < 1.29 is 9.53 Å². The quantitative estimate of drug-likeness (QED) is 0.770. The van der Waals surface area contributed by atoms with Gasteiger partial charge in [0.05, 0.1) is 17.3 Å². The van der Waals surface area contributed by atoms with Crippen LogP contribution >= 0.6 is 0 Å². The van der Waals surface area contributed by atoms with E-state index in [0.29, 0.717) is 23.5 Å². The predicted octanol–water partition coefficient (Wildman–Crippen LogP) is 1.43. The zero-order valence-corrected chi connectivity index (χ0v) is 10.6. The molecular weight excluding hydrogens is 230 g/mol. The monoisotopic (exact) mass is 247 g/mol. The second-order valence-corrected chi connectivity index (χ2v) is 3.92. The lowest BCUT2D eigenvalue weighted by molar-refractivity contribution is -0.127. The summed E-state index contributed by atoms with van der Waals surface area (Å²) < 4.78 is 5.46. The van der Waals surface area contributed by atoms with Crippen molar-refractivity contribution in [1.29, 1.82) is 5.26 Å². The fourth-order valence-electron chi connectivity index (χ4n) is 1.36. The molecule has 1 amide bonds. The van der Waals surface area contributed by atoms with Crippen molar-refractivity contribution >= 4 is 11.6 Å². The first-order chi connectivity index (χ1) is 8.58. The minimum atomic E-state index is -0.619. The minimum absolute atomic E-state index is 0.180. The number of ether oxygens (including phenoxy) is 1. The molecule has 3 N–H and O–H groups in total. The molecule has 1 rings (SSSR count). The van der Waals surface area contributed by atoms with Gasteiger partial charge in [-0.2, -0.15) is 5.26 Å². The molecule has 96 valence electrons. The molecule has 0 bridgehead atoms. The Morgan fingerprint density at radius 3 is 2.89 bits per heavy atom. The number of benzene rings is 1. The van der Waals surface area contributed by atoms with Gasteiger partial charge in [0.1, 0.15) is 5.75 Å². The van der Waals surface area contributed by atoms with Crippen LogP contribution in [0.3, 0.4) is 0 Å². The van der Waals surface area contributed by atoms with Gasteiger partial charge in [-0.25, -0.2) is 0 Å². The number of nitrogens with zero attached hydrogens (tertiary/aromatic N) is 1. The number of anilines is 1. The third-order valence-electron chi connectivity index (χ3n) is 2.36. The highest BCUT2D eigenvalue weighted by molar-refractivity contribution is 5.80. The Morgan fingerprint density at radius 2 is 2.33 bits per heavy atom. The molecule has 0 spiro atoms. The molecule has 1 atom stereocenters. The maximum Gasteiger partial charge on any atom is 0.260 e. The van der Waals surface area contributed by atoms with Crippen LogP contribution in [-0.4, -0.2) is 18.6 Å². The van der Waals surface area contributed by atoms with Gasteiger partial charge in [0, 0.05) is 6.54 Å². The highest BCUT2D eigenvalue weighted by atomic mass is 16.5. The number of hydrogen-bond acceptors (Lipinski definition) is 4. The van der Waals surface area contributed by atoms with Crippen LogP contribution in [0.4, 0.5) is 5.69 Å². The molecule has 5 nitrogen and oxygen atoms in total. The Labute approximate surface area is 107 Å². The van der Waals surface area contributed by atoms with Crippen LogP contribution in [0.1, 0.15) is 25.8 Å². The molecular formula is C13H17N3O2. The van der Waals surface area contributed by atoms with E-state index in [1.54, 1.807) is 19.1 Å². The Balaban J connectivity index is 2.67. The molecule has 0 heterocycles. The summed E-state index contributed by atoms with van der Waals surface area (Å²) in [6.07, 6.45) is 0.254. The van der Waals surface area contributed by atoms with E-state index in [1.165, 1.54) is 6.07 Å². The lowest BCUT2D eigenvalue weighted by Gasteiger charge is -2.15. The maximum atomic E-state index is 11.6. The highest BCUT2D eigenvalue weighted by Crippen LogP contribution is 2.23. The second kappa shape index (κ2) is 6.50. The predicted molar refractivity (Wildman–Crippen MR) is 69.0 cm³/mol.